The topological polar surface area (TPSA) is 166 Å². The summed E-state index contributed by atoms with van der Waals surface area (Å²) in [5, 5.41) is 27.6. The van der Waals surface area contributed by atoms with Gasteiger partial charge in [0.15, 0.2) is 0 Å². The van der Waals surface area contributed by atoms with Crippen molar-refractivity contribution in [2.75, 3.05) is 12.3 Å². The third-order valence-electron chi connectivity index (χ3n) is 3.57. The number of nitrogen functional groups attached to an aromatic ring is 1. The first kappa shape index (κ1) is 20.0. The average Bonchev–Trinajstić information content (AvgIpc) is 2.58. The smallest absolute Gasteiger partial charge is 0.342 e. The van der Waals surface area contributed by atoms with Gasteiger partial charge in [-0.3, -0.25) is 4.79 Å². The fourth-order valence-corrected chi connectivity index (χ4v) is 2.83. The molecule has 2 aromatic rings. The summed E-state index contributed by atoms with van der Waals surface area (Å²) in [6.07, 6.45) is 0.672. The van der Waals surface area contributed by atoms with Crippen LogP contribution in [0.5, 0.6) is 5.75 Å². The van der Waals surface area contributed by atoms with Crippen LogP contribution in [0.1, 0.15) is 33.6 Å². The number of pyridine rings is 1. The zero-order valence-electron chi connectivity index (χ0n) is 13.8. The van der Waals surface area contributed by atoms with Crippen LogP contribution in [0.4, 0.5) is 5.82 Å². The molecule has 9 nitrogen and oxygen atoms in total. The lowest BCUT2D eigenvalue weighted by molar-refractivity contribution is 0.0695. The summed E-state index contributed by atoms with van der Waals surface area (Å²) in [7, 11) is 0. The van der Waals surface area contributed by atoms with Crippen molar-refractivity contribution in [1.82, 2.24) is 4.98 Å². The van der Waals surface area contributed by atoms with Gasteiger partial charge in [-0.05, 0) is 24.6 Å². The Labute approximate surface area is 161 Å². The van der Waals surface area contributed by atoms with Crippen LogP contribution in [-0.2, 0) is 0 Å². The number of nitrogens with two attached hydrogens (primary N) is 1. The number of carbonyl (C=O) groups is 2. The number of anilines is 1. The number of nitrogens with zero attached hydrogens (tertiary/aromatic N) is 1. The molecular formula is C17H14BrN3O6. The molecule has 0 unspecified atom stereocenters. The van der Waals surface area contributed by atoms with Crippen molar-refractivity contribution in [3.63, 3.8) is 0 Å². The molecule has 0 amide bonds. The second-order valence-corrected chi connectivity index (χ2v) is 6.27. The highest BCUT2D eigenvalue weighted by molar-refractivity contribution is 9.10. The first-order valence-corrected chi connectivity index (χ1v) is 8.39. The van der Waals surface area contributed by atoms with Crippen LogP contribution < -0.4 is 16.0 Å². The van der Waals surface area contributed by atoms with Crippen molar-refractivity contribution in [3.05, 3.63) is 44.2 Å². The largest absolute Gasteiger partial charge is 0.493 e. The number of unbranched alkanes of at least 4 members (excludes halogenated alkanes) is 1. The average molecular weight is 436 g/mol. The van der Waals surface area contributed by atoms with E-state index in [0.29, 0.717) is 10.9 Å². The number of aromatic nitrogens is 1. The molecule has 27 heavy (non-hydrogen) atoms. The molecule has 1 aromatic heterocycles. The second kappa shape index (κ2) is 8.37. The van der Waals surface area contributed by atoms with Crippen molar-refractivity contribution in [2.45, 2.75) is 12.8 Å². The van der Waals surface area contributed by atoms with Crippen molar-refractivity contribution >= 4 is 33.7 Å². The van der Waals surface area contributed by atoms with Gasteiger partial charge >= 0.3 is 11.9 Å². The number of nitrogens with one attached hydrogen (secondary N) is 1. The fraction of sp³-hybridized carbons (Fsp3) is 0.176. The monoisotopic (exact) mass is 435 g/mol. The standard InChI is InChI=1S/C17H14BrN3O6/c18-8-3-4-10(27-6-2-1-5-19)9(7-8)11-12(16(23)24)14(20)21-15(22)13(11)17(25)26/h3-4,7H,1-2,6H2,(H,23,24)(H,25,26)(H3,20,21,22). The van der Waals surface area contributed by atoms with E-state index >= 15 is 0 Å². The Kier molecular flexibility index (Phi) is 6.20. The summed E-state index contributed by atoms with van der Waals surface area (Å²) in [4.78, 5) is 37.6. The van der Waals surface area contributed by atoms with Gasteiger partial charge in [-0.15, -0.1) is 0 Å². The zero-order chi connectivity index (χ0) is 20.1. The number of benzene rings is 1. The van der Waals surface area contributed by atoms with Gasteiger partial charge in [0.1, 0.15) is 22.7 Å². The number of hydrogen-bond acceptors (Lipinski definition) is 6. The minimum Gasteiger partial charge on any atom is -0.493 e. The summed E-state index contributed by atoms with van der Waals surface area (Å²) in [6.45, 7) is 0.145. The number of hydrogen-bond donors (Lipinski definition) is 4. The molecule has 10 heteroatoms. The van der Waals surface area contributed by atoms with Crippen molar-refractivity contribution in [1.29, 1.82) is 5.26 Å². The fourth-order valence-electron chi connectivity index (χ4n) is 2.47. The maximum Gasteiger partial charge on any atom is 0.342 e. The molecule has 0 spiro atoms. The minimum absolute atomic E-state index is 0.0777. The predicted molar refractivity (Wildman–Crippen MR) is 98.9 cm³/mol. The van der Waals surface area contributed by atoms with E-state index in [4.69, 9.17) is 15.7 Å². The number of aromatic carboxylic acids is 2. The molecule has 1 aromatic carbocycles. The first-order chi connectivity index (χ1) is 12.8. The number of carboxylic acid groups (broad SMARTS) is 2. The highest BCUT2D eigenvalue weighted by atomic mass is 79.9. The molecule has 0 saturated carbocycles. The number of ether oxygens (including phenoxy) is 1. The van der Waals surface area contributed by atoms with Gasteiger partial charge in [-0.25, -0.2) is 9.59 Å². The van der Waals surface area contributed by atoms with Crippen LogP contribution in [-0.4, -0.2) is 33.7 Å². The summed E-state index contributed by atoms with van der Waals surface area (Å²) < 4.78 is 6.09. The van der Waals surface area contributed by atoms with E-state index in [0.717, 1.165) is 0 Å². The molecule has 0 fully saturated rings. The van der Waals surface area contributed by atoms with E-state index in [1.54, 1.807) is 6.07 Å². The summed E-state index contributed by atoms with van der Waals surface area (Å²) in [5.74, 6) is -3.42. The Balaban J connectivity index is 2.79. The lowest BCUT2D eigenvalue weighted by Crippen LogP contribution is -2.24. The van der Waals surface area contributed by atoms with Crippen LogP contribution in [0.25, 0.3) is 11.1 Å². The maximum absolute atomic E-state index is 12.1. The second-order valence-electron chi connectivity index (χ2n) is 5.35. The highest BCUT2D eigenvalue weighted by Crippen LogP contribution is 2.37. The minimum atomic E-state index is -1.61. The molecule has 0 bridgehead atoms. The number of aromatic amines is 1. The molecule has 0 saturated heterocycles. The maximum atomic E-state index is 12.1. The molecule has 0 aliphatic heterocycles. The molecule has 2 rings (SSSR count). The third kappa shape index (κ3) is 4.27. The van der Waals surface area contributed by atoms with E-state index in [1.807, 2.05) is 11.1 Å². The summed E-state index contributed by atoms with van der Waals surface area (Å²) >= 11 is 3.24. The van der Waals surface area contributed by atoms with E-state index in [-0.39, 0.29) is 29.9 Å². The van der Waals surface area contributed by atoms with Gasteiger partial charge < -0.3 is 25.7 Å². The van der Waals surface area contributed by atoms with Gasteiger partial charge in [-0.1, -0.05) is 15.9 Å². The Hall–Kier alpha value is -3.32. The van der Waals surface area contributed by atoms with Crippen LogP contribution in [0.3, 0.4) is 0 Å². The van der Waals surface area contributed by atoms with E-state index < -0.39 is 34.4 Å². The van der Waals surface area contributed by atoms with Crippen molar-refractivity contribution in [2.24, 2.45) is 0 Å². The lowest BCUT2D eigenvalue weighted by Gasteiger charge is -2.16. The molecular weight excluding hydrogens is 422 g/mol. The van der Waals surface area contributed by atoms with Crippen LogP contribution >= 0.6 is 15.9 Å². The first-order valence-electron chi connectivity index (χ1n) is 7.60. The van der Waals surface area contributed by atoms with E-state index in [9.17, 15) is 24.6 Å². The van der Waals surface area contributed by atoms with Crippen LogP contribution in [0.2, 0.25) is 0 Å². The quantitative estimate of drug-likeness (QED) is 0.480. The Morgan fingerprint density at radius 3 is 2.52 bits per heavy atom. The molecule has 0 aliphatic carbocycles. The van der Waals surface area contributed by atoms with Crippen LogP contribution in [0, 0.1) is 11.3 Å². The van der Waals surface area contributed by atoms with Gasteiger partial charge in [0, 0.05) is 22.0 Å². The number of nitriles is 1. The molecule has 5 N–H and O–H groups in total. The third-order valence-corrected chi connectivity index (χ3v) is 4.07. The highest BCUT2D eigenvalue weighted by Gasteiger charge is 2.28. The lowest BCUT2D eigenvalue weighted by atomic mass is 9.94. The Morgan fingerprint density at radius 2 is 1.93 bits per heavy atom. The molecule has 0 radical (unpaired) electrons. The predicted octanol–water partition coefficient (Wildman–Crippen LogP) is 2.47. The summed E-state index contributed by atoms with van der Waals surface area (Å²) in [5.41, 5.74) is 3.02. The van der Waals surface area contributed by atoms with Gasteiger partial charge in [0.25, 0.3) is 5.56 Å². The number of carboxylic acids is 2. The van der Waals surface area contributed by atoms with E-state index in [1.165, 1.54) is 12.1 Å². The van der Waals surface area contributed by atoms with Gasteiger partial charge in [0.05, 0.1) is 12.7 Å². The molecule has 0 atom stereocenters. The molecule has 1 heterocycles. The van der Waals surface area contributed by atoms with Gasteiger partial charge in [0.2, 0.25) is 0 Å². The Bertz CT molecular complexity index is 1010. The number of rotatable bonds is 7. The van der Waals surface area contributed by atoms with Crippen LogP contribution in [0.15, 0.2) is 27.5 Å². The number of H-pyrrole nitrogens is 1. The normalized spacial score (nSPS) is 10.2. The van der Waals surface area contributed by atoms with Crippen molar-refractivity contribution < 1.29 is 24.5 Å². The Morgan fingerprint density at radius 1 is 1.26 bits per heavy atom. The SMILES string of the molecule is N#CCCCOc1ccc(Br)cc1-c1c(C(=O)O)c(N)[nH]c(=O)c1C(=O)O. The van der Waals surface area contributed by atoms with Gasteiger partial charge in [-0.2, -0.15) is 5.26 Å². The number of halogens is 1. The summed E-state index contributed by atoms with van der Waals surface area (Å²) in [6, 6.07) is 6.52. The zero-order valence-corrected chi connectivity index (χ0v) is 15.4. The van der Waals surface area contributed by atoms with Crippen molar-refractivity contribution in [3.8, 4) is 22.9 Å². The van der Waals surface area contributed by atoms with E-state index in [2.05, 4.69) is 15.9 Å². The molecule has 0 aliphatic rings. The molecule has 140 valence electrons.